The maximum Gasteiger partial charge on any atom is 0.253 e. The summed E-state index contributed by atoms with van der Waals surface area (Å²) in [6.07, 6.45) is 2.18. The van der Waals surface area contributed by atoms with E-state index in [0.717, 1.165) is 18.4 Å². The highest BCUT2D eigenvalue weighted by molar-refractivity contribution is 5.94. The summed E-state index contributed by atoms with van der Waals surface area (Å²) in [4.78, 5) is 18.6. The first-order valence-electron chi connectivity index (χ1n) is 8.59. The third-order valence-electron chi connectivity index (χ3n) is 4.47. The fourth-order valence-corrected chi connectivity index (χ4v) is 2.86. The first kappa shape index (κ1) is 16.2. The molecule has 1 aromatic carbocycles. The van der Waals surface area contributed by atoms with E-state index in [0.29, 0.717) is 49.6 Å². The quantitative estimate of drug-likeness (QED) is 0.827. The van der Waals surface area contributed by atoms with E-state index in [4.69, 9.17) is 14.0 Å². The third-order valence-corrected chi connectivity index (χ3v) is 4.47. The van der Waals surface area contributed by atoms with Gasteiger partial charge in [-0.15, -0.1) is 0 Å². The van der Waals surface area contributed by atoms with Crippen LogP contribution in [-0.4, -0.2) is 60.5 Å². The molecular weight excluding hydrogens is 322 g/mol. The standard InChI is InChI=1S/C18H21N3O4/c1-21(10-15-11-23-8-9-24-15)18(22)14-6-2-12(3-7-14)16-19-17(25-20-16)13-4-5-13/h2-3,6-7,13,15H,4-5,8-11H2,1H3. The van der Waals surface area contributed by atoms with Gasteiger partial charge in [-0.2, -0.15) is 4.98 Å². The number of benzene rings is 1. The normalized spacial score (nSPS) is 20.4. The largest absolute Gasteiger partial charge is 0.376 e. The van der Waals surface area contributed by atoms with Gasteiger partial charge in [-0.1, -0.05) is 17.3 Å². The van der Waals surface area contributed by atoms with Gasteiger partial charge in [0.05, 0.1) is 25.9 Å². The van der Waals surface area contributed by atoms with Crippen molar-refractivity contribution in [2.45, 2.75) is 24.9 Å². The van der Waals surface area contributed by atoms with Crippen LogP contribution < -0.4 is 0 Å². The Labute approximate surface area is 145 Å². The molecule has 1 amide bonds. The number of rotatable bonds is 5. The van der Waals surface area contributed by atoms with Crippen LogP contribution in [0.1, 0.15) is 35.0 Å². The lowest BCUT2D eigenvalue weighted by Crippen LogP contribution is -2.40. The molecule has 0 bridgehead atoms. The Kier molecular flexibility index (Phi) is 4.50. The van der Waals surface area contributed by atoms with Gasteiger partial charge in [0.15, 0.2) is 0 Å². The number of carbonyl (C=O) groups is 1. The van der Waals surface area contributed by atoms with Crippen LogP contribution in [0.4, 0.5) is 0 Å². The van der Waals surface area contributed by atoms with Crippen molar-refractivity contribution in [2.24, 2.45) is 0 Å². The first-order valence-corrected chi connectivity index (χ1v) is 8.59. The van der Waals surface area contributed by atoms with Crippen molar-refractivity contribution in [3.8, 4) is 11.4 Å². The Balaban J connectivity index is 1.40. The van der Waals surface area contributed by atoms with Gasteiger partial charge in [0.25, 0.3) is 5.91 Å². The molecule has 4 rings (SSSR count). The molecule has 0 spiro atoms. The van der Waals surface area contributed by atoms with Gasteiger partial charge in [0, 0.05) is 30.6 Å². The molecule has 1 saturated carbocycles. The van der Waals surface area contributed by atoms with E-state index in [-0.39, 0.29) is 12.0 Å². The molecule has 1 aromatic heterocycles. The average Bonchev–Trinajstić information content (AvgIpc) is 3.39. The zero-order valence-corrected chi connectivity index (χ0v) is 14.2. The molecule has 2 aliphatic rings. The van der Waals surface area contributed by atoms with E-state index >= 15 is 0 Å². The van der Waals surface area contributed by atoms with Crippen molar-refractivity contribution < 1.29 is 18.8 Å². The molecule has 1 aliphatic carbocycles. The van der Waals surface area contributed by atoms with Crippen LogP contribution in [0.25, 0.3) is 11.4 Å². The average molecular weight is 343 g/mol. The molecular formula is C18H21N3O4. The summed E-state index contributed by atoms with van der Waals surface area (Å²) in [5.74, 6) is 1.67. The Hall–Kier alpha value is -2.25. The third kappa shape index (κ3) is 3.72. The lowest BCUT2D eigenvalue weighted by atomic mass is 10.1. The van der Waals surface area contributed by atoms with Gasteiger partial charge >= 0.3 is 0 Å². The van der Waals surface area contributed by atoms with Gasteiger partial charge in [0.2, 0.25) is 11.7 Å². The van der Waals surface area contributed by atoms with Gasteiger partial charge in [0.1, 0.15) is 0 Å². The fraction of sp³-hybridized carbons (Fsp3) is 0.500. The minimum absolute atomic E-state index is 0.0486. The van der Waals surface area contributed by atoms with Crippen LogP contribution in [0, 0.1) is 0 Å². The molecule has 2 aromatic rings. The number of ether oxygens (including phenoxy) is 2. The molecule has 2 fully saturated rings. The van der Waals surface area contributed by atoms with Crippen LogP contribution in [0.5, 0.6) is 0 Å². The Morgan fingerprint density at radius 1 is 1.24 bits per heavy atom. The van der Waals surface area contributed by atoms with Gasteiger partial charge in [-0.3, -0.25) is 4.79 Å². The number of nitrogens with zero attached hydrogens (tertiary/aromatic N) is 3. The first-order chi connectivity index (χ1) is 12.2. The molecule has 1 unspecified atom stereocenters. The zero-order valence-electron chi connectivity index (χ0n) is 14.2. The number of aromatic nitrogens is 2. The SMILES string of the molecule is CN(CC1COCCO1)C(=O)c1ccc(-c2noc(C3CC3)n2)cc1. The van der Waals surface area contributed by atoms with Crippen molar-refractivity contribution in [1.29, 1.82) is 0 Å². The van der Waals surface area contributed by atoms with E-state index in [2.05, 4.69) is 10.1 Å². The van der Waals surface area contributed by atoms with Crippen molar-refractivity contribution in [3.05, 3.63) is 35.7 Å². The molecule has 0 N–H and O–H groups in total. The van der Waals surface area contributed by atoms with Crippen molar-refractivity contribution in [1.82, 2.24) is 15.0 Å². The molecule has 132 valence electrons. The number of likely N-dealkylation sites (N-methyl/N-ethyl adjacent to an activating group) is 1. The second-order valence-electron chi connectivity index (χ2n) is 6.56. The Bertz CT molecular complexity index is 733. The highest BCUT2D eigenvalue weighted by Crippen LogP contribution is 2.39. The second-order valence-corrected chi connectivity index (χ2v) is 6.56. The van der Waals surface area contributed by atoms with E-state index in [1.54, 1.807) is 24.1 Å². The van der Waals surface area contributed by atoms with Crippen molar-refractivity contribution in [2.75, 3.05) is 33.4 Å². The maximum atomic E-state index is 12.5. The predicted molar refractivity (Wildman–Crippen MR) is 89.2 cm³/mol. The lowest BCUT2D eigenvalue weighted by Gasteiger charge is -2.27. The number of hydrogen-bond acceptors (Lipinski definition) is 6. The summed E-state index contributed by atoms with van der Waals surface area (Å²) < 4.78 is 16.2. The molecule has 1 saturated heterocycles. The van der Waals surface area contributed by atoms with Gasteiger partial charge < -0.3 is 18.9 Å². The Morgan fingerprint density at radius 3 is 2.72 bits per heavy atom. The number of hydrogen-bond donors (Lipinski definition) is 0. The Morgan fingerprint density at radius 2 is 2.04 bits per heavy atom. The van der Waals surface area contributed by atoms with Crippen LogP contribution in [0.3, 0.4) is 0 Å². The second kappa shape index (κ2) is 6.93. The van der Waals surface area contributed by atoms with E-state index < -0.39 is 0 Å². The summed E-state index contributed by atoms with van der Waals surface area (Å²) in [5.41, 5.74) is 1.47. The minimum Gasteiger partial charge on any atom is -0.376 e. The summed E-state index contributed by atoms with van der Waals surface area (Å²) >= 11 is 0. The van der Waals surface area contributed by atoms with Gasteiger partial charge in [-0.25, -0.2) is 0 Å². The van der Waals surface area contributed by atoms with Crippen LogP contribution >= 0.6 is 0 Å². The molecule has 0 radical (unpaired) electrons. The molecule has 7 nitrogen and oxygen atoms in total. The molecule has 1 atom stereocenters. The zero-order chi connectivity index (χ0) is 17.2. The van der Waals surface area contributed by atoms with E-state index in [9.17, 15) is 4.79 Å². The minimum atomic E-state index is -0.0675. The van der Waals surface area contributed by atoms with Gasteiger partial charge in [-0.05, 0) is 25.0 Å². The summed E-state index contributed by atoms with van der Waals surface area (Å²) in [6.45, 7) is 2.23. The smallest absolute Gasteiger partial charge is 0.253 e. The highest BCUT2D eigenvalue weighted by Gasteiger charge is 2.29. The predicted octanol–water partition coefficient (Wildman–Crippen LogP) is 2.10. The molecule has 25 heavy (non-hydrogen) atoms. The highest BCUT2D eigenvalue weighted by atomic mass is 16.6. The monoisotopic (exact) mass is 343 g/mol. The number of amides is 1. The van der Waals surface area contributed by atoms with Crippen LogP contribution in [0.15, 0.2) is 28.8 Å². The van der Waals surface area contributed by atoms with E-state index in [1.807, 2.05) is 12.1 Å². The number of carbonyl (C=O) groups excluding carboxylic acids is 1. The topological polar surface area (TPSA) is 77.7 Å². The summed E-state index contributed by atoms with van der Waals surface area (Å²) in [7, 11) is 1.77. The molecule has 1 aliphatic heterocycles. The van der Waals surface area contributed by atoms with Crippen LogP contribution in [0.2, 0.25) is 0 Å². The van der Waals surface area contributed by atoms with Crippen molar-refractivity contribution >= 4 is 5.91 Å². The fourth-order valence-electron chi connectivity index (χ4n) is 2.86. The van der Waals surface area contributed by atoms with Crippen LogP contribution in [-0.2, 0) is 9.47 Å². The summed E-state index contributed by atoms with van der Waals surface area (Å²) in [5, 5.41) is 4.02. The molecule has 2 heterocycles. The lowest BCUT2D eigenvalue weighted by molar-refractivity contribution is -0.0933. The maximum absolute atomic E-state index is 12.5. The van der Waals surface area contributed by atoms with E-state index in [1.165, 1.54) is 0 Å². The molecule has 7 heteroatoms. The van der Waals surface area contributed by atoms with Crippen molar-refractivity contribution in [3.63, 3.8) is 0 Å². The summed E-state index contributed by atoms with van der Waals surface area (Å²) in [6, 6.07) is 7.28.